The summed E-state index contributed by atoms with van der Waals surface area (Å²) in [5.74, 6) is -0.740. The van der Waals surface area contributed by atoms with Crippen molar-refractivity contribution in [3.63, 3.8) is 0 Å². The van der Waals surface area contributed by atoms with Crippen molar-refractivity contribution < 1.29 is 14.4 Å². The predicted octanol–water partition coefficient (Wildman–Crippen LogP) is 3.84. The highest BCUT2D eigenvalue weighted by molar-refractivity contribution is 6.01. The first-order chi connectivity index (χ1) is 14.7. The molecule has 31 heavy (non-hydrogen) atoms. The van der Waals surface area contributed by atoms with Gasteiger partial charge in [-0.1, -0.05) is 43.7 Å². The molecule has 0 saturated carbocycles. The van der Waals surface area contributed by atoms with Crippen LogP contribution in [0.1, 0.15) is 48.4 Å². The molecule has 1 unspecified atom stereocenters. The highest BCUT2D eigenvalue weighted by Gasteiger charge is 2.35. The SMILES string of the molecule is Cc1cc(C)c(NC(=O)CNC(=O)C2CC(=O)N(c3cccc(C(C)C)c3)C2)c(C)c1. The monoisotopic (exact) mass is 421 g/mol. The zero-order valence-electron chi connectivity index (χ0n) is 18.9. The molecule has 0 bridgehead atoms. The molecule has 6 nitrogen and oxygen atoms in total. The van der Waals surface area contributed by atoms with Crippen molar-refractivity contribution in [3.8, 4) is 0 Å². The molecule has 2 aromatic rings. The molecular formula is C25H31N3O3. The van der Waals surface area contributed by atoms with E-state index in [9.17, 15) is 14.4 Å². The molecule has 0 spiro atoms. The van der Waals surface area contributed by atoms with E-state index in [1.807, 2.05) is 57.2 Å². The van der Waals surface area contributed by atoms with Gasteiger partial charge in [0.2, 0.25) is 17.7 Å². The van der Waals surface area contributed by atoms with Crippen LogP contribution in [-0.2, 0) is 14.4 Å². The van der Waals surface area contributed by atoms with Crippen LogP contribution >= 0.6 is 0 Å². The van der Waals surface area contributed by atoms with Gasteiger partial charge in [-0.3, -0.25) is 14.4 Å². The summed E-state index contributed by atoms with van der Waals surface area (Å²) in [6.07, 6.45) is 0.148. The minimum atomic E-state index is -0.467. The normalized spacial score (nSPS) is 16.0. The van der Waals surface area contributed by atoms with Gasteiger partial charge in [-0.05, 0) is 55.5 Å². The molecule has 1 saturated heterocycles. The van der Waals surface area contributed by atoms with Crippen molar-refractivity contribution in [3.05, 3.63) is 58.7 Å². The summed E-state index contributed by atoms with van der Waals surface area (Å²) in [5.41, 5.74) is 5.84. The molecule has 1 heterocycles. The maximum Gasteiger partial charge on any atom is 0.243 e. The number of nitrogens with zero attached hydrogens (tertiary/aromatic N) is 1. The first-order valence-electron chi connectivity index (χ1n) is 10.7. The van der Waals surface area contributed by atoms with Gasteiger partial charge in [0.25, 0.3) is 0 Å². The Balaban J connectivity index is 1.57. The fourth-order valence-corrected chi connectivity index (χ4v) is 4.06. The lowest BCUT2D eigenvalue weighted by atomic mass is 10.0. The second kappa shape index (κ2) is 9.33. The van der Waals surface area contributed by atoms with Crippen molar-refractivity contribution in [2.75, 3.05) is 23.3 Å². The Morgan fingerprint density at radius 2 is 1.77 bits per heavy atom. The van der Waals surface area contributed by atoms with Crippen LogP contribution in [0.3, 0.4) is 0 Å². The maximum atomic E-state index is 12.6. The van der Waals surface area contributed by atoms with E-state index in [4.69, 9.17) is 0 Å². The van der Waals surface area contributed by atoms with E-state index in [1.54, 1.807) is 4.90 Å². The Labute approximate surface area is 184 Å². The van der Waals surface area contributed by atoms with Crippen molar-refractivity contribution in [1.82, 2.24) is 5.32 Å². The van der Waals surface area contributed by atoms with Crippen LogP contribution in [0.5, 0.6) is 0 Å². The average molecular weight is 422 g/mol. The predicted molar refractivity (Wildman–Crippen MR) is 123 cm³/mol. The van der Waals surface area contributed by atoms with E-state index in [1.165, 1.54) is 0 Å². The molecule has 1 fully saturated rings. The second-order valence-corrected chi connectivity index (χ2v) is 8.69. The van der Waals surface area contributed by atoms with Gasteiger partial charge in [0.15, 0.2) is 0 Å². The standard InChI is InChI=1S/C25H31N3O3/c1-15(2)19-7-6-8-21(11-19)28-14-20(12-23(28)30)25(31)26-13-22(29)27-24-17(4)9-16(3)10-18(24)5/h6-11,15,20H,12-14H2,1-5H3,(H,26,31)(H,27,29). The van der Waals surface area contributed by atoms with Gasteiger partial charge in [-0.25, -0.2) is 0 Å². The molecule has 0 aromatic heterocycles. The fourth-order valence-electron chi connectivity index (χ4n) is 4.06. The molecule has 1 atom stereocenters. The first kappa shape index (κ1) is 22.5. The van der Waals surface area contributed by atoms with Gasteiger partial charge in [0.05, 0.1) is 12.5 Å². The smallest absolute Gasteiger partial charge is 0.243 e. The summed E-state index contributed by atoms with van der Waals surface area (Å²) in [5, 5.41) is 5.57. The van der Waals surface area contributed by atoms with Gasteiger partial charge >= 0.3 is 0 Å². The van der Waals surface area contributed by atoms with E-state index < -0.39 is 5.92 Å². The maximum absolute atomic E-state index is 12.6. The quantitative estimate of drug-likeness (QED) is 0.744. The average Bonchev–Trinajstić information content (AvgIpc) is 3.10. The van der Waals surface area contributed by atoms with Gasteiger partial charge < -0.3 is 15.5 Å². The molecule has 3 amide bonds. The molecule has 2 aromatic carbocycles. The minimum Gasteiger partial charge on any atom is -0.347 e. The number of benzene rings is 2. The topological polar surface area (TPSA) is 78.5 Å². The van der Waals surface area contributed by atoms with Crippen LogP contribution in [0.2, 0.25) is 0 Å². The Hall–Kier alpha value is -3.15. The lowest BCUT2D eigenvalue weighted by molar-refractivity contribution is -0.127. The summed E-state index contributed by atoms with van der Waals surface area (Å²) >= 11 is 0. The van der Waals surface area contributed by atoms with Crippen LogP contribution in [0.4, 0.5) is 11.4 Å². The third-order valence-electron chi connectivity index (χ3n) is 5.71. The molecule has 0 radical (unpaired) electrons. The largest absolute Gasteiger partial charge is 0.347 e. The van der Waals surface area contributed by atoms with Crippen LogP contribution in [0.25, 0.3) is 0 Å². The molecule has 1 aliphatic heterocycles. The molecule has 0 aliphatic carbocycles. The second-order valence-electron chi connectivity index (χ2n) is 8.69. The number of rotatable bonds is 6. The van der Waals surface area contributed by atoms with Crippen molar-refractivity contribution >= 4 is 29.1 Å². The van der Waals surface area contributed by atoms with Crippen molar-refractivity contribution in [2.45, 2.75) is 47.0 Å². The number of amides is 3. The molecule has 2 N–H and O–H groups in total. The molecule has 6 heteroatoms. The lowest BCUT2D eigenvalue weighted by Crippen LogP contribution is -2.38. The van der Waals surface area contributed by atoms with E-state index in [0.29, 0.717) is 12.5 Å². The van der Waals surface area contributed by atoms with Gasteiger partial charge in [0, 0.05) is 24.3 Å². The number of nitrogens with one attached hydrogen (secondary N) is 2. The van der Waals surface area contributed by atoms with Crippen LogP contribution in [0.15, 0.2) is 36.4 Å². The third kappa shape index (κ3) is 5.32. The molecule has 1 aliphatic rings. The Bertz CT molecular complexity index is 990. The lowest BCUT2D eigenvalue weighted by Gasteiger charge is -2.18. The minimum absolute atomic E-state index is 0.0728. The number of carbonyl (C=O) groups is 3. The van der Waals surface area contributed by atoms with Crippen molar-refractivity contribution in [1.29, 1.82) is 0 Å². The summed E-state index contributed by atoms with van der Waals surface area (Å²) < 4.78 is 0. The van der Waals surface area contributed by atoms with E-state index in [-0.39, 0.29) is 30.7 Å². The highest BCUT2D eigenvalue weighted by Crippen LogP contribution is 2.28. The Morgan fingerprint density at radius 1 is 1.10 bits per heavy atom. The van der Waals surface area contributed by atoms with Crippen LogP contribution in [-0.4, -0.2) is 30.8 Å². The van der Waals surface area contributed by atoms with E-state index in [2.05, 4.69) is 24.5 Å². The summed E-state index contributed by atoms with van der Waals surface area (Å²) in [7, 11) is 0. The zero-order valence-corrected chi connectivity index (χ0v) is 18.9. The summed E-state index contributed by atoms with van der Waals surface area (Å²) in [6.45, 7) is 10.3. The Morgan fingerprint density at radius 3 is 2.42 bits per heavy atom. The zero-order chi connectivity index (χ0) is 22.7. The molecule has 164 valence electrons. The van der Waals surface area contributed by atoms with E-state index in [0.717, 1.165) is 33.6 Å². The number of hydrogen-bond acceptors (Lipinski definition) is 3. The summed E-state index contributed by atoms with van der Waals surface area (Å²) in [6, 6.07) is 11.9. The first-order valence-corrected chi connectivity index (χ1v) is 10.7. The number of anilines is 2. The number of carbonyl (C=O) groups excluding carboxylic acids is 3. The number of hydrogen-bond donors (Lipinski definition) is 2. The van der Waals surface area contributed by atoms with Crippen molar-refractivity contribution in [2.24, 2.45) is 5.92 Å². The van der Waals surface area contributed by atoms with Gasteiger partial charge in [-0.15, -0.1) is 0 Å². The Kier molecular flexibility index (Phi) is 6.78. The highest BCUT2D eigenvalue weighted by atomic mass is 16.2. The third-order valence-corrected chi connectivity index (χ3v) is 5.71. The van der Waals surface area contributed by atoms with E-state index >= 15 is 0 Å². The van der Waals surface area contributed by atoms with Gasteiger partial charge in [-0.2, -0.15) is 0 Å². The molecular weight excluding hydrogens is 390 g/mol. The fraction of sp³-hybridized carbons (Fsp3) is 0.400. The van der Waals surface area contributed by atoms with Crippen LogP contribution < -0.4 is 15.5 Å². The van der Waals surface area contributed by atoms with Crippen LogP contribution in [0, 0.1) is 26.7 Å². The van der Waals surface area contributed by atoms with Gasteiger partial charge in [0.1, 0.15) is 0 Å². The molecule has 3 rings (SSSR count). The summed E-state index contributed by atoms with van der Waals surface area (Å²) in [4.78, 5) is 39.2. The number of aryl methyl sites for hydroxylation is 3.